The molecule has 314 valence electrons. The number of hydrogen-bond acceptors (Lipinski definition) is 13. The molecule has 0 aromatic heterocycles. The van der Waals surface area contributed by atoms with E-state index in [-0.39, 0.29) is 13.0 Å². The summed E-state index contributed by atoms with van der Waals surface area (Å²) in [4.78, 5) is 138. The number of nitrogens with two attached hydrogens (primary N) is 4. The minimum absolute atomic E-state index is 0.0649. The number of amides is 9. The number of likely N-dealkylation sites (tertiary alicyclic amines) is 1. The molecule has 56 heavy (non-hydrogen) atoms. The van der Waals surface area contributed by atoms with Crippen LogP contribution in [-0.2, 0) is 52.7 Å². The molecule has 0 aromatic carbocycles. The van der Waals surface area contributed by atoms with Gasteiger partial charge in [0.15, 0.2) is 0 Å². The van der Waals surface area contributed by atoms with Crippen molar-refractivity contribution < 1.29 is 68.1 Å². The number of aliphatic carboxylic acids is 2. The molecule has 0 saturated carbocycles. The number of aliphatic hydroxyl groups excluding tert-OH is 1. The van der Waals surface area contributed by atoms with Crippen molar-refractivity contribution in [3.05, 3.63) is 0 Å². The van der Waals surface area contributed by atoms with Gasteiger partial charge in [0.25, 0.3) is 0 Å². The maximum absolute atomic E-state index is 13.6. The third-order valence-corrected chi connectivity index (χ3v) is 8.53. The fourth-order valence-electron chi connectivity index (χ4n) is 5.50. The van der Waals surface area contributed by atoms with E-state index in [1.165, 1.54) is 13.8 Å². The second kappa shape index (κ2) is 23.1. The van der Waals surface area contributed by atoms with Gasteiger partial charge in [-0.1, -0.05) is 13.8 Å². The van der Waals surface area contributed by atoms with Gasteiger partial charge in [-0.3, -0.25) is 47.9 Å². The van der Waals surface area contributed by atoms with Gasteiger partial charge in [-0.05, 0) is 38.0 Å². The molecule has 0 spiro atoms. The molecular weight excluding hydrogens is 748 g/mol. The summed E-state index contributed by atoms with van der Waals surface area (Å²) in [7, 11) is 0. The minimum atomic E-state index is -1.73. The Kier molecular flexibility index (Phi) is 19.9. The number of carboxylic acid groups (broad SMARTS) is 2. The third kappa shape index (κ3) is 16.2. The second-order valence-corrected chi connectivity index (χ2v) is 13.4. The summed E-state index contributed by atoms with van der Waals surface area (Å²) < 4.78 is 0. The molecule has 1 rings (SSSR count). The maximum atomic E-state index is 13.6. The molecule has 16 N–H and O–H groups in total. The molecular formula is C32H52N10O14. The number of carbonyl (C=O) groups is 11. The topological polar surface area (TPSA) is 416 Å². The van der Waals surface area contributed by atoms with E-state index in [9.17, 15) is 68.1 Å². The van der Waals surface area contributed by atoms with Crippen LogP contribution in [0.15, 0.2) is 0 Å². The van der Waals surface area contributed by atoms with Crippen LogP contribution in [-0.4, -0.2) is 141 Å². The number of aliphatic hydroxyl groups is 1. The van der Waals surface area contributed by atoms with Gasteiger partial charge >= 0.3 is 11.9 Å². The summed E-state index contributed by atoms with van der Waals surface area (Å²) in [6.07, 6.45) is -3.19. The summed E-state index contributed by atoms with van der Waals surface area (Å²) in [5, 5.41) is 40.1. The van der Waals surface area contributed by atoms with E-state index in [1.807, 2.05) is 0 Å². The lowest BCUT2D eigenvalue weighted by Crippen LogP contribution is -2.61. The molecule has 9 amide bonds. The number of hydrogen-bond donors (Lipinski definition) is 12. The second-order valence-electron chi connectivity index (χ2n) is 13.4. The van der Waals surface area contributed by atoms with Gasteiger partial charge < -0.3 is 69.7 Å². The molecule has 0 aromatic rings. The molecule has 7 atom stereocenters. The van der Waals surface area contributed by atoms with Crippen LogP contribution in [0.4, 0.5) is 0 Å². The van der Waals surface area contributed by atoms with Crippen LogP contribution in [0.1, 0.15) is 71.6 Å². The molecule has 1 saturated heterocycles. The molecule has 1 aliphatic heterocycles. The first-order valence-electron chi connectivity index (χ1n) is 17.6. The fraction of sp³-hybridized carbons (Fsp3) is 0.656. The Bertz CT molecular complexity index is 1510. The molecule has 24 heteroatoms. The van der Waals surface area contributed by atoms with Crippen molar-refractivity contribution >= 4 is 65.1 Å². The van der Waals surface area contributed by atoms with Gasteiger partial charge in [-0.15, -0.1) is 0 Å². The Balaban J connectivity index is 3.31. The molecule has 0 bridgehead atoms. The highest BCUT2D eigenvalue weighted by Gasteiger charge is 2.39. The lowest BCUT2D eigenvalue weighted by atomic mass is 10.0. The van der Waals surface area contributed by atoms with Crippen molar-refractivity contribution in [2.75, 3.05) is 13.2 Å². The standard InChI is InChI=1S/C32H52N10O14/c1-14(2)25(30(53)40-19(13-43)31(54)42-11-3-4-20(42)32(55)56)41-29(52)17(6-9-22(35)45)38-28(51)18(7-10-24(47)48)39-27(50)16(5-8-21(34)44)37-26(49)15(33)12-23(36)46/h14-20,25,43H,3-13,33H2,1-2H3,(H2,34,44)(H2,35,45)(H2,36,46)(H,37,49)(H,38,51)(H,39,50)(H,40,53)(H,41,52)(H,47,48)(H,55,56)/t15-,16-,17-,18-,19-,20-,25-/m0/s1. The van der Waals surface area contributed by atoms with Crippen LogP contribution in [0.3, 0.4) is 0 Å². The smallest absolute Gasteiger partial charge is 0.326 e. The quantitative estimate of drug-likeness (QED) is 0.0409. The zero-order valence-electron chi connectivity index (χ0n) is 31.0. The van der Waals surface area contributed by atoms with Gasteiger partial charge in [0.2, 0.25) is 53.2 Å². The number of carbonyl (C=O) groups excluding carboxylic acids is 9. The lowest BCUT2D eigenvalue weighted by Gasteiger charge is -2.30. The molecule has 0 radical (unpaired) electrons. The van der Waals surface area contributed by atoms with Crippen molar-refractivity contribution in [2.24, 2.45) is 28.9 Å². The van der Waals surface area contributed by atoms with Crippen LogP contribution < -0.4 is 49.5 Å². The highest BCUT2D eigenvalue weighted by Crippen LogP contribution is 2.19. The SMILES string of the molecule is CC(C)[C@H](NC(=O)[C@H](CCC(N)=O)NC(=O)[C@H](CCC(=O)O)NC(=O)[C@H](CCC(N)=O)NC(=O)[C@@H](N)CC(N)=O)C(=O)N[C@@H](CO)C(=O)N1CCC[C@H]1C(=O)O. The van der Waals surface area contributed by atoms with Crippen molar-refractivity contribution in [3.63, 3.8) is 0 Å². The van der Waals surface area contributed by atoms with Gasteiger partial charge in [-0.2, -0.15) is 0 Å². The maximum Gasteiger partial charge on any atom is 0.326 e. The summed E-state index contributed by atoms with van der Waals surface area (Å²) in [5.74, 6) is -12.3. The van der Waals surface area contributed by atoms with Gasteiger partial charge in [0.05, 0.1) is 19.1 Å². The largest absolute Gasteiger partial charge is 0.481 e. The average molecular weight is 801 g/mol. The number of nitrogens with one attached hydrogen (secondary N) is 5. The van der Waals surface area contributed by atoms with Gasteiger partial charge in [0.1, 0.15) is 36.3 Å². The minimum Gasteiger partial charge on any atom is -0.481 e. The van der Waals surface area contributed by atoms with Crippen LogP contribution in [0.5, 0.6) is 0 Å². The number of carboxylic acids is 2. The molecule has 0 unspecified atom stereocenters. The van der Waals surface area contributed by atoms with Crippen molar-refractivity contribution in [1.29, 1.82) is 0 Å². The Morgan fingerprint density at radius 3 is 1.50 bits per heavy atom. The molecule has 1 fully saturated rings. The van der Waals surface area contributed by atoms with Crippen LogP contribution in [0.25, 0.3) is 0 Å². The number of nitrogens with zero attached hydrogens (tertiary/aromatic N) is 1. The summed E-state index contributed by atoms with van der Waals surface area (Å²) in [6.45, 7) is 2.16. The highest BCUT2D eigenvalue weighted by molar-refractivity contribution is 5.98. The fourth-order valence-corrected chi connectivity index (χ4v) is 5.50. The third-order valence-electron chi connectivity index (χ3n) is 8.53. The van der Waals surface area contributed by atoms with Crippen molar-refractivity contribution in [3.8, 4) is 0 Å². The first-order valence-corrected chi connectivity index (χ1v) is 17.6. The Morgan fingerprint density at radius 2 is 1.09 bits per heavy atom. The lowest BCUT2D eigenvalue weighted by molar-refractivity contribution is -0.150. The van der Waals surface area contributed by atoms with Crippen molar-refractivity contribution in [2.45, 2.75) is 114 Å². The molecule has 1 aliphatic rings. The predicted octanol–water partition coefficient (Wildman–Crippen LogP) is -6.27. The van der Waals surface area contributed by atoms with Gasteiger partial charge in [-0.25, -0.2) is 4.79 Å². The number of primary amides is 3. The van der Waals surface area contributed by atoms with Crippen LogP contribution in [0.2, 0.25) is 0 Å². The zero-order chi connectivity index (χ0) is 42.9. The Labute approximate surface area is 320 Å². The van der Waals surface area contributed by atoms with E-state index in [0.29, 0.717) is 6.42 Å². The van der Waals surface area contributed by atoms with Gasteiger partial charge in [0, 0.05) is 25.8 Å². The van der Waals surface area contributed by atoms with E-state index in [1.54, 1.807) is 0 Å². The summed E-state index contributed by atoms with van der Waals surface area (Å²) >= 11 is 0. The van der Waals surface area contributed by atoms with Crippen molar-refractivity contribution in [1.82, 2.24) is 31.5 Å². The van der Waals surface area contributed by atoms with E-state index >= 15 is 0 Å². The van der Waals surface area contributed by atoms with Crippen LogP contribution in [0, 0.1) is 5.92 Å². The molecule has 24 nitrogen and oxygen atoms in total. The summed E-state index contributed by atoms with van der Waals surface area (Å²) in [5.41, 5.74) is 21.1. The molecule has 1 heterocycles. The Morgan fingerprint density at radius 1 is 0.643 bits per heavy atom. The first-order chi connectivity index (χ1) is 26.1. The van der Waals surface area contributed by atoms with E-state index in [2.05, 4.69) is 26.6 Å². The van der Waals surface area contributed by atoms with E-state index in [4.69, 9.17) is 22.9 Å². The monoisotopic (exact) mass is 800 g/mol. The zero-order valence-corrected chi connectivity index (χ0v) is 31.0. The number of rotatable bonds is 25. The highest BCUT2D eigenvalue weighted by atomic mass is 16.4. The first kappa shape index (κ1) is 48.1. The molecule has 0 aliphatic carbocycles. The van der Waals surface area contributed by atoms with Crippen LogP contribution >= 0.6 is 0 Å². The Hall–Kier alpha value is -5.91. The summed E-state index contributed by atoms with van der Waals surface area (Å²) in [6, 6.07) is -10.7. The predicted molar refractivity (Wildman–Crippen MR) is 189 cm³/mol. The van der Waals surface area contributed by atoms with E-state index < -0.39 is 165 Å². The average Bonchev–Trinajstić information content (AvgIpc) is 3.60. The van der Waals surface area contributed by atoms with E-state index in [0.717, 1.165) is 4.90 Å². The normalized spacial score (nSPS) is 16.9.